The molecule has 0 bridgehead atoms. The molecule has 0 atom stereocenters. The number of aromatic nitrogens is 2. The van der Waals surface area contributed by atoms with E-state index in [-0.39, 0.29) is 0 Å². The van der Waals surface area contributed by atoms with Crippen LogP contribution < -0.4 is 10.6 Å². The molecule has 0 radical (unpaired) electrons. The second kappa shape index (κ2) is 6.18. The Labute approximate surface area is 114 Å². The summed E-state index contributed by atoms with van der Waals surface area (Å²) in [6.45, 7) is 7.05. The molecule has 2 rings (SSSR count). The number of nitrogens with zero attached hydrogens (tertiary/aromatic N) is 2. The summed E-state index contributed by atoms with van der Waals surface area (Å²) in [5, 5.41) is 6.52. The molecule has 0 aliphatic rings. The molecule has 0 aliphatic heterocycles. The Morgan fingerprint density at radius 2 is 1.95 bits per heavy atom. The molecule has 4 nitrogen and oxygen atoms in total. The molecule has 2 N–H and O–H groups in total. The van der Waals surface area contributed by atoms with E-state index in [1.807, 2.05) is 25.1 Å². The van der Waals surface area contributed by atoms with Gasteiger partial charge in [0.1, 0.15) is 5.82 Å². The Hall–Kier alpha value is -2.10. The van der Waals surface area contributed by atoms with Gasteiger partial charge in [0, 0.05) is 24.0 Å². The van der Waals surface area contributed by atoms with Crippen molar-refractivity contribution in [2.75, 3.05) is 17.2 Å². The van der Waals surface area contributed by atoms with E-state index in [0.29, 0.717) is 5.95 Å². The van der Waals surface area contributed by atoms with Crippen LogP contribution >= 0.6 is 0 Å². The minimum absolute atomic E-state index is 0.678. The highest BCUT2D eigenvalue weighted by Gasteiger charge is 2.02. The average Bonchev–Trinajstić information content (AvgIpc) is 2.35. The van der Waals surface area contributed by atoms with Crippen molar-refractivity contribution < 1.29 is 0 Å². The van der Waals surface area contributed by atoms with Gasteiger partial charge in [-0.25, -0.2) is 4.98 Å². The number of nitrogens with one attached hydrogen (secondary N) is 2. The molecule has 0 saturated heterocycles. The van der Waals surface area contributed by atoms with Crippen LogP contribution in [0.1, 0.15) is 24.6 Å². The molecular weight excluding hydrogens is 236 g/mol. The van der Waals surface area contributed by atoms with Crippen molar-refractivity contribution in [2.24, 2.45) is 0 Å². The minimum atomic E-state index is 0.678. The van der Waals surface area contributed by atoms with Gasteiger partial charge < -0.3 is 10.6 Å². The number of anilines is 3. The molecule has 19 heavy (non-hydrogen) atoms. The smallest absolute Gasteiger partial charge is 0.224 e. The zero-order valence-electron chi connectivity index (χ0n) is 11.7. The fraction of sp³-hybridized carbons (Fsp3) is 0.333. The summed E-state index contributed by atoms with van der Waals surface area (Å²) in [6.07, 6.45) is 1.05. The minimum Gasteiger partial charge on any atom is -0.354 e. The topological polar surface area (TPSA) is 49.8 Å². The summed E-state index contributed by atoms with van der Waals surface area (Å²) >= 11 is 0. The summed E-state index contributed by atoms with van der Waals surface area (Å²) in [5.41, 5.74) is 3.21. The van der Waals surface area contributed by atoms with Crippen LogP contribution in [0.4, 0.5) is 17.5 Å². The van der Waals surface area contributed by atoms with Gasteiger partial charge in [0.25, 0.3) is 0 Å². The maximum Gasteiger partial charge on any atom is 0.224 e. The van der Waals surface area contributed by atoms with Gasteiger partial charge in [0.15, 0.2) is 0 Å². The summed E-state index contributed by atoms with van der Waals surface area (Å²) in [7, 11) is 0. The van der Waals surface area contributed by atoms with Crippen LogP contribution in [0.2, 0.25) is 0 Å². The van der Waals surface area contributed by atoms with Gasteiger partial charge in [-0.1, -0.05) is 19.1 Å². The molecule has 0 unspecified atom stereocenters. The molecule has 1 heterocycles. The summed E-state index contributed by atoms with van der Waals surface area (Å²) in [4.78, 5) is 8.83. The lowest BCUT2D eigenvalue weighted by Gasteiger charge is -2.09. The highest BCUT2D eigenvalue weighted by Crippen LogP contribution is 2.17. The highest BCUT2D eigenvalue weighted by atomic mass is 15.1. The summed E-state index contributed by atoms with van der Waals surface area (Å²) in [5.74, 6) is 1.49. The number of hydrogen-bond donors (Lipinski definition) is 2. The molecule has 1 aromatic carbocycles. The van der Waals surface area contributed by atoms with Crippen molar-refractivity contribution in [1.29, 1.82) is 0 Å². The second-order valence-corrected chi connectivity index (χ2v) is 4.64. The highest BCUT2D eigenvalue weighted by molar-refractivity contribution is 5.58. The normalized spacial score (nSPS) is 10.3. The Kier molecular flexibility index (Phi) is 4.34. The molecule has 0 spiro atoms. The molecule has 1 aromatic heterocycles. The van der Waals surface area contributed by atoms with Crippen LogP contribution in [0.5, 0.6) is 0 Å². The van der Waals surface area contributed by atoms with Gasteiger partial charge in [0.2, 0.25) is 5.95 Å². The monoisotopic (exact) mass is 256 g/mol. The van der Waals surface area contributed by atoms with Crippen LogP contribution in [0.3, 0.4) is 0 Å². The maximum absolute atomic E-state index is 4.46. The average molecular weight is 256 g/mol. The third-order valence-corrected chi connectivity index (χ3v) is 2.68. The number of rotatable bonds is 5. The SMILES string of the molecule is CCCNc1nc(C)cc(Nc2cccc(C)c2)n1. The van der Waals surface area contributed by atoms with Gasteiger partial charge in [-0.2, -0.15) is 4.98 Å². The first-order valence-corrected chi connectivity index (χ1v) is 6.60. The lowest BCUT2D eigenvalue weighted by Crippen LogP contribution is -2.06. The summed E-state index contributed by atoms with van der Waals surface area (Å²) < 4.78 is 0. The van der Waals surface area contributed by atoms with Crippen molar-refractivity contribution in [2.45, 2.75) is 27.2 Å². The van der Waals surface area contributed by atoms with E-state index in [9.17, 15) is 0 Å². The van der Waals surface area contributed by atoms with Crippen LogP contribution in [0.15, 0.2) is 30.3 Å². The van der Waals surface area contributed by atoms with Crippen LogP contribution in [-0.2, 0) is 0 Å². The molecule has 100 valence electrons. The predicted molar refractivity (Wildman–Crippen MR) is 80.0 cm³/mol. The molecule has 0 amide bonds. The third kappa shape index (κ3) is 3.95. The number of benzene rings is 1. The second-order valence-electron chi connectivity index (χ2n) is 4.64. The standard InChI is InChI=1S/C15H20N4/c1-4-8-16-15-17-12(3)10-14(19-15)18-13-7-5-6-11(2)9-13/h5-7,9-10H,4,8H2,1-3H3,(H2,16,17,18,19). The summed E-state index contributed by atoms with van der Waals surface area (Å²) in [6, 6.07) is 10.2. The van der Waals surface area contributed by atoms with Gasteiger partial charge in [-0.05, 0) is 38.0 Å². The van der Waals surface area contributed by atoms with Gasteiger partial charge in [-0.3, -0.25) is 0 Å². The quantitative estimate of drug-likeness (QED) is 0.857. The third-order valence-electron chi connectivity index (χ3n) is 2.68. The van der Waals surface area contributed by atoms with Crippen LogP contribution in [0.25, 0.3) is 0 Å². The Balaban J connectivity index is 2.17. The van der Waals surface area contributed by atoms with E-state index in [0.717, 1.165) is 30.2 Å². The van der Waals surface area contributed by atoms with Crippen molar-refractivity contribution in [3.8, 4) is 0 Å². The molecule has 0 aliphatic carbocycles. The molecule has 4 heteroatoms. The first kappa shape index (κ1) is 13.3. The lowest BCUT2D eigenvalue weighted by molar-refractivity contribution is 0.947. The fourth-order valence-corrected chi connectivity index (χ4v) is 1.82. The van der Waals surface area contributed by atoms with E-state index in [2.05, 4.69) is 46.6 Å². The van der Waals surface area contributed by atoms with Gasteiger partial charge >= 0.3 is 0 Å². The largest absolute Gasteiger partial charge is 0.354 e. The Bertz CT molecular complexity index is 552. The van der Waals surface area contributed by atoms with Crippen molar-refractivity contribution in [1.82, 2.24) is 9.97 Å². The molecule has 0 saturated carbocycles. The lowest BCUT2D eigenvalue weighted by atomic mass is 10.2. The predicted octanol–water partition coefficient (Wildman–Crippen LogP) is 3.66. The van der Waals surface area contributed by atoms with Crippen molar-refractivity contribution in [3.63, 3.8) is 0 Å². The first-order chi connectivity index (χ1) is 9.17. The Morgan fingerprint density at radius 1 is 1.11 bits per heavy atom. The van der Waals surface area contributed by atoms with Crippen molar-refractivity contribution in [3.05, 3.63) is 41.6 Å². The first-order valence-electron chi connectivity index (χ1n) is 6.60. The van der Waals surface area contributed by atoms with Crippen molar-refractivity contribution >= 4 is 17.5 Å². The molecule has 2 aromatic rings. The zero-order valence-corrected chi connectivity index (χ0v) is 11.7. The Morgan fingerprint density at radius 3 is 2.68 bits per heavy atom. The molecule has 0 fully saturated rings. The van der Waals surface area contributed by atoms with Crippen LogP contribution in [0, 0.1) is 13.8 Å². The van der Waals surface area contributed by atoms with Gasteiger partial charge in [0.05, 0.1) is 0 Å². The van der Waals surface area contributed by atoms with E-state index >= 15 is 0 Å². The molecular formula is C15H20N4. The van der Waals surface area contributed by atoms with E-state index < -0.39 is 0 Å². The van der Waals surface area contributed by atoms with E-state index in [1.165, 1.54) is 5.56 Å². The van der Waals surface area contributed by atoms with Gasteiger partial charge in [-0.15, -0.1) is 0 Å². The van der Waals surface area contributed by atoms with Crippen LogP contribution in [-0.4, -0.2) is 16.5 Å². The van der Waals surface area contributed by atoms with E-state index in [4.69, 9.17) is 0 Å². The van der Waals surface area contributed by atoms with E-state index in [1.54, 1.807) is 0 Å². The zero-order chi connectivity index (χ0) is 13.7. The maximum atomic E-state index is 4.46. The fourth-order valence-electron chi connectivity index (χ4n) is 1.82. The number of hydrogen-bond acceptors (Lipinski definition) is 4. The number of aryl methyl sites for hydroxylation is 2.